The molecule has 1 N–H and O–H groups in total. The van der Waals surface area contributed by atoms with Crippen molar-refractivity contribution in [2.24, 2.45) is 0 Å². The standard InChI is InChI=1S/C17H26N2O/c1-20-17-8-3-2-6-14(17)12-19(16-9-10-16)13-15-7-4-5-11-18-15/h2-3,6,8,15-16,18H,4-5,7,9-13H2,1H3. The predicted octanol–water partition coefficient (Wildman–Crippen LogP) is 2.80. The van der Waals surface area contributed by atoms with E-state index in [1.165, 1.54) is 50.8 Å². The Morgan fingerprint density at radius 3 is 2.75 bits per heavy atom. The highest BCUT2D eigenvalue weighted by molar-refractivity contribution is 5.33. The molecule has 1 atom stereocenters. The Morgan fingerprint density at radius 1 is 1.20 bits per heavy atom. The zero-order valence-corrected chi connectivity index (χ0v) is 12.5. The second kappa shape index (κ2) is 6.59. The lowest BCUT2D eigenvalue weighted by atomic mass is 10.0. The fraction of sp³-hybridized carbons (Fsp3) is 0.647. The summed E-state index contributed by atoms with van der Waals surface area (Å²) in [4.78, 5) is 2.65. The van der Waals surface area contributed by atoms with Crippen molar-refractivity contribution < 1.29 is 4.74 Å². The molecule has 0 amide bonds. The lowest BCUT2D eigenvalue weighted by Crippen LogP contribution is -2.44. The first-order valence-electron chi connectivity index (χ1n) is 7.96. The number of nitrogens with one attached hydrogen (secondary N) is 1. The first kappa shape index (κ1) is 13.9. The van der Waals surface area contributed by atoms with E-state index in [-0.39, 0.29) is 0 Å². The van der Waals surface area contributed by atoms with Gasteiger partial charge in [0.2, 0.25) is 0 Å². The highest BCUT2D eigenvalue weighted by Crippen LogP contribution is 2.30. The van der Waals surface area contributed by atoms with Crippen molar-refractivity contribution in [3.05, 3.63) is 29.8 Å². The molecule has 2 fully saturated rings. The molecular weight excluding hydrogens is 248 g/mol. The summed E-state index contributed by atoms with van der Waals surface area (Å²) in [5, 5.41) is 3.67. The van der Waals surface area contributed by atoms with Crippen molar-refractivity contribution in [1.29, 1.82) is 0 Å². The lowest BCUT2D eigenvalue weighted by Gasteiger charge is -2.31. The van der Waals surface area contributed by atoms with Gasteiger partial charge in [-0.1, -0.05) is 24.6 Å². The van der Waals surface area contributed by atoms with Crippen molar-refractivity contribution in [1.82, 2.24) is 10.2 Å². The molecule has 1 heterocycles. The van der Waals surface area contributed by atoms with Crippen LogP contribution in [0.1, 0.15) is 37.7 Å². The van der Waals surface area contributed by atoms with Crippen LogP contribution in [-0.4, -0.2) is 37.2 Å². The van der Waals surface area contributed by atoms with Gasteiger partial charge in [-0.2, -0.15) is 0 Å². The van der Waals surface area contributed by atoms with Gasteiger partial charge in [-0.3, -0.25) is 4.90 Å². The molecule has 110 valence electrons. The van der Waals surface area contributed by atoms with Gasteiger partial charge in [0.05, 0.1) is 7.11 Å². The molecule has 0 bridgehead atoms. The van der Waals surface area contributed by atoms with E-state index in [2.05, 4.69) is 28.4 Å². The number of ether oxygens (including phenoxy) is 1. The minimum atomic E-state index is 0.680. The number of nitrogens with zero attached hydrogens (tertiary/aromatic N) is 1. The van der Waals surface area contributed by atoms with Crippen molar-refractivity contribution in [2.75, 3.05) is 20.2 Å². The SMILES string of the molecule is COc1ccccc1CN(CC1CCCCN1)C1CC1. The number of piperidine rings is 1. The Hall–Kier alpha value is -1.06. The van der Waals surface area contributed by atoms with Gasteiger partial charge in [0.25, 0.3) is 0 Å². The van der Waals surface area contributed by atoms with E-state index in [9.17, 15) is 0 Å². The van der Waals surface area contributed by atoms with Gasteiger partial charge >= 0.3 is 0 Å². The highest BCUT2D eigenvalue weighted by Gasteiger charge is 2.31. The molecule has 1 saturated heterocycles. The smallest absolute Gasteiger partial charge is 0.123 e. The van der Waals surface area contributed by atoms with E-state index < -0.39 is 0 Å². The maximum Gasteiger partial charge on any atom is 0.123 e. The Balaban J connectivity index is 1.64. The number of rotatable bonds is 6. The van der Waals surface area contributed by atoms with Crippen LogP contribution in [0.3, 0.4) is 0 Å². The first-order valence-corrected chi connectivity index (χ1v) is 7.96. The molecule has 1 aliphatic heterocycles. The maximum atomic E-state index is 5.49. The number of para-hydroxylation sites is 1. The van der Waals surface area contributed by atoms with Crippen molar-refractivity contribution in [3.8, 4) is 5.75 Å². The predicted molar refractivity (Wildman–Crippen MR) is 82.1 cm³/mol. The van der Waals surface area contributed by atoms with Gasteiger partial charge in [0, 0.05) is 30.7 Å². The molecule has 3 rings (SSSR count). The third kappa shape index (κ3) is 3.53. The maximum absolute atomic E-state index is 5.49. The van der Waals surface area contributed by atoms with Gasteiger partial charge in [0.15, 0.2) is 0 Å². The summed E-state index contributed by atoms with van der Waals surface area (Å²) in [5.41, 5.74) is 1.32. The van der Waals surface area contributed by atoms with Gasteiger partial charge in [-0.15, -0.1) is 0 Å². The quantitative estimate of drug-likeness (QED) is 0.863. The molecule has 1 aromatic carbocycles. The van der Waals surface area contributed by atoms with Gasteiger partial charge in [-0.25, -0.2) is 0 Å². The van der Waals surface area contributed by atoms with E-state index in [1.807, 2.05) is 6.07 Å². The normalized spacial score (nSPS) is 23.0. The van der Waals surface area contributed by atoms with Crippen LogP contribution in [0.2, 0.25) is 0 Å². The fourth-order valence-electron chi connectivity index (χ4n) is 3.20. The van der Waals surface area contributed by atoms with Gasteiger partial charge in [0.1, 0.15) is 5.75 Å². The Bertz CT molecular complexity index is 425. The molecule has 3 nitrogen and oxygen atoms in total. The number of hydrogen-bond donors (Lipinski definition) is 1. The second-order valence-electron chi connectivity index (χ2n) is 6.12. The van der Waals surface area contributed by atoms with E-state index in [0.717, 1.165) is 18.3 Å². The molecule has 1 aliphatic carbocycles. The number of hydrogen-bond acceptors (Lipinski definition) is 3. The zero-order valence-electron chi connectivity index (χ0n) is 12.5. The highest BCUT2D eigenvalue weighted by atomic mass is 16.5. The summed E-state index contributed by atoms with van der Waals surface area (Å²) < 4.78 is 5.49. The third-order valence-electron chi connectivity index (χ3n) is 4.50. The summed E-state index contributed by atoms with van der Waals surface area (Å²) in [7, 11) is 1.77. The summed E-state index contributed by atoms with van der Waals surface area (Å²) in [5.74, 6) is 1.02. The molecule has 1 saturated carbocycles. The Morgan fingerprint density at radius 2 is 2.05 bits per heavy atom. The van der Waals surface area contributed by atoms with E-state index in [4.69, 9.17) is 4.74 Å². The third-order valence-corrected chi connectivity index (χ3v) is 4.50. The van der Waals surface area contributed by atoms with E-state index in [1.54, 1.807) is 7.11 Å². The van der Waals surface area contributed by atoms with E-state index >= 15 is 0 Å². The molecular formula is C17H26N2O. The Labute approximate surface area is 122 Å². The average Bonchev–Trinajstić information content (AvgIpc) is 3.33. The van der Waals surface area contributed by atoms with Crippen molar-refractivity contribution in [2.45, 2.75) is 50.7 Å². The van der Waals surface area contributed by atoms with Crippen LogP contribution in [0.15, 0.2) is 24.3 Å². The average molecular weight is 274 g/mol. The molecule has 1 aromatic rings. The molecule has 2 aliphatic rings. The fourth-order valence-corrected chi connectivity index (χ4v) is 3.20. The molecule has 0 radical (unpaired) electrons. The van der Waals surface area contributed by atoms with E-state index in [0.29, 0.717) is 6.04 Å². The number of methoxy groups -OCH3 is 1. The van der Waals surface area contributed by atoms with Crippen LogP contribution in [0.4, 0.5) is 0 Å². The lowest BCUT2D eigenvalue weighted by molar-refractivity contribution is 0.206. The van der Waals surface area contributed by atoms with Crippen LogP contribution >= 0.6 is 0 Å². The monoisotopic (exact) mass is 274 g/mol. The van der Waals surface area contributed by atoms with Crippen LogP contribution < -0.4 is 10.1 Å². The minimum Gasteiger partial charge on any atom is -0.496 e. The summed E-state index contributed by atoms with van der Waals surface area (Å²) in [6.07, 6.45) is 6.77. The Kier molecular flexibility index (Phi) is 4.58. The summed E-state index contributed by atoms with van der Waals surface area (Å²) in [6, 6.07) is 9.90. The van der Waals surface area contributed by atoms with Crippen molar-refractivity contribution in [3.63, 3.8) is 0 Å². The van der Waals surface area contributed by atoms with Gasteiger partial charge in [-0.05, 0) is 38.3 Å². The van der Waals surface area contributed by atoms with Gasteiger partial charge < -0.3 is 10.1 Å². The molecule has 20 heavy (non-hydrogen) atoms. The topological polar surface area (TPSA) is 24.5 Å². The summed E-state index contributed by atoms with van der Waals surface area (Å²) >= 11 is 0. The second-order valence-corrected chi connectivity index (χ2v) is 6.12. The van der Waals surface area contributed by atoms with Crippen LogP contribution in [-0.2, 0) is 6.54 Å². The zero-order chi connectivity index (χ0) is 13.8. The molecule has 0 spiro atoms. The molecule has 0 aromatic heterocycles. The number of benzene rings is 1. The minimum absolute atomic E-state index is 0.680. The van der Waals surface area contributed by atoms with Crippen LogP contribution in [0, 0.1) is 0 Å². The summed E-state index contributed by atoms with van der Waals surface area (Å²) in [6.45, 7) is 3.40. The first-order chi connectivity index (χ1) is 9.86. The molecule has 1 unspecified atom stereocenters. The largest absolute Gasteiger partial charge is 0.496 e. The van der Waals surface area contributed by atoms with Crippen molar-refractivity contribution >= 4 is 0 Å². The molecule has 3 heteroatoms. The van der Waals surface area contributed by atoms with Crippen LogP contribution in [0.25, 0.3) is 0 Å². The van der Waals surface area contributed by atoms with Crippen LogP contribution in [0.5, 0.6) is 5.75 Å².